The van der Waals surface area contributed by atoms with E-state index in [1.165, 1.54) is 11.1 Å². The molecule has 2 aromatic heterocycles. The molecule has 2 aromatic rings. The zero-order chi connectivity index (χ0) is 11.5. The van der Waals surface area contributed by atoms with Gasteiger partial charge in [0.2, 0.25) is 0 Å². The van der Waals surface area contributed by atoms with Crippen molar-refractivity contribution >= 4 is 17.4 Å². The van der Waals surface area contributed by atoms with Crippen LogP contribution >= 0.6 is 11.5 Å². The van der Waals surface area contributed by atoms with Gasteiger partial charge in [0.05, 0.1) is 12.7 Å². The van der Waals surface area contributed by atoms with Crippen LogP contribution in [0.5, 0.6) is 0 Å². The molecule has 1 amide bonds. The lowest BCUT2D eigenvalue weighted by molar-refractivity contribution is 0.0786. The van der Waals surface area contributed by atoms with Gasteiger partial charge < -0.3 is 4.90 Å². The maximum atomic E-state index is 11.8. The fourth-order valence-electron chi connectivity index (χ4n) is 1.19. The third kappa shape index (κ3) is 2.22. The molecule has 1 N–H and O–H groups in total. The zero-order valence-electron chi connectivity index (χ0n) is 8.84. The molecule has 0 aromatic carbocycles. The standard InChI is InChI=1S/C8H10N6OS/c1-5-10-7(12-11-5)4-14(2)8(15)6-3-9-13-16-6/h3H,4H2,1-2H3,(H,10,11,12). The van der Waals surface area contributed by atoms with Gasteiger partial charge in [-0.1, -0.05) is 4.49 Å². The topological polar surface area (TPSA) is 87.7 Å². The average molecular weight is 238 g/mol. The van der Waals surface area contributed by atoms with E-state index in [9.17, 15) is 4.79 Å². The van der Waals surface area contributed by atoms with Crippen molar-refractivity contribution < 1.29 is 4.79 Å². The first-order chi connectivity index (χ1) is 7.66. The predicted octanol–water partition coefficient (Wildman–Crippen LogP) is 0.237. The number of hydrogen-bond acceptors (Lipinski definition) is 6. The first-order valence-electron chi connectivity index (χ1n) is 4.57. The number of rotatable bonds is 3. The van der Waals surface area contributed by atoms with Crippen molar-refractivity contribution in [2.45, 2.75) is 13.5 Å². The minimum Gasteiger partial charge on any atom is -0.333 e. The van der Waals surface area contributed by atoms with Gasteiger partial charge in [0.1, 0.15) is 10.7 Å². The average Bonchev–Trinajstić information content (AvgIpc) is 2.88. The molecule has 0 aliphatic rings. The molecule has 8 heteroatoms. The highest BCUT2D eigenvalue weighted by molar-refractivity contribution is 7.07. The molecule has 2 rings (SSSR count). The second kappa shape index (κ2) is 4.35. The van der Waals surface area contributed by atoms with Crippen LogP contribution in [0.25, 0.3) is 0 Å². The van der Waals surface area contributed by atoms with E-state index in [1.807, 2.05) is 6.92 Å². The summed E-state index contributed by atoms with van der Waals surface area (Å²) in [5, 5.41) is 10.3. The highest BCUT2D eigenvalue weighted by Gasteiger charge is 2.15. The number of aromatic amines is 1. The van der Waals surface area contributed by atoms with Gasteiger partial charge in [-0.05, 0) is 18.5 Å². The molecule has 7 nitrogen and oxygen atoms in total. The molecule has 0 atom stereocenters. The summed E-state index contributed by atoms with van der Waals surface area (Å²) in [6, 6.07) is 0. The molecule has 0 spiro atoms. The van der Waals surface area contributed by atoms with Gasteiger partial charge in [-0.3, -0.25) is 9.89 Å². The summed E-state index contributed by atoms with van der Waals surface area (Å²) in [7, 11) is 1.69. The van der Waals surface area contributed by atoms with E-state index in [4.69, 9.17) is 0 Å². The molecule has 16 heavy (non-hydrogen) atoms. The van der Waals surface area contributed by atoms with E-state index in [-0.39, 0.29) is 5.91 Å². The van der Waals surface area contributed by atoms with Gasteiger partial charge >= 0.3 is 0 Å². The molecular formula is C8H10N6OS. The van der Waals surface area contributed by atoms with Gasteiger partial charge in [0.15, 0.2) is 5.82 Å². The Morgan fingerprint density at radius 1 is 1.62 bits per heavy atom. The van der Waals surface area contributed by atoms with Crippen LogP contribution in [0.1, 0.15) is 21.3 Å². The summed E-state index contributed by atoms with van der Waals surface area (Å²) >= 11 is 1.07. The van der Waals surface area contributed by atoms with Gasteiger partial charge in [-0.15, -0.1) is 5.10 Å². The molecule has 2 heterocycles. The fourth-order valence-corrected chi connectivity index (χ4v) is 1.70. The predicted molar refractivity (Wildman–Crippen MR) is 56.8 cm³/mol. The summed E-state index contributed by atoms with van der Waals surface area (Å²) in [5.74, 6) is 1.19. The van der Waals surface area contributed by atoms with E-state index in [0.717, 1.165) is 17.4 Å². The lowest BCUT2D eigenvalue weighted by Gasteiger charge is -2.12. The summed E-state index contributed by atoms with van der Waals surface area (Å²) < 4.78 is 3.64. The number of carbonyl (C=O) groups excluding carboxylic acids is 1. The van der Waals surface area contributed by atoms with E-state index in [0.29, 0.717) is 17.2 Å². The van der Waals surface area contributed by atoms with Crippen LogP contribution < -0.4 is 0 Å². The van der Waals surface area contributed by atoms with Crippen molar-refractivity contribution in [2.24, 2.45) is 0 Å². The number of amides is 1. The first-order valence-corrected chi connectivity index (χ1v) is 5.35. The summed E-state index contributed by atoms with van der Waals surface area (Å²) in [6.45, 7) is 2.17. The zero-order valence-corrected chi connectivity index (χ0v) is 9.65. The van der Waals surface area contributed by atoms with Gasteiger partial charge in [0, 0.05) is 7.05 Å². The van der Waals surface area contributed by atoms with Gasteiger partial charge in [-0.2, -0.15) is 5.10 Å². The molecular weight excluding hydrogens is 228 g/mol. The Bertz CT molecular complexity index is 478. The Kier molecular flexibility index (Phi) is 2.91. The van der Waals surface area contributed by atoms with Crippen LogP contribution in [0.2, 0.25) is 0 Å². The van der Waals surface area contributed by atoms with Crippen molar-refractivity contribution in [3.63, 3.8) is 0 Å². The Labute approximate surface area is 95.7 Å². The van der Waals surface area contributed by atoms with Crippen LogP contribution in [0.3, 0.4) is 0 Å². The van der Waals surface area contributed by atoms with Crippen LogP contribution in [-0.2, 0) is 6.54 Å². The minimum atomic E-state index is -0.127. The number of hydrogen-bond donors (Lipinski definition) is 1. The highest BCUT2D eigenvalue weighted by Crippen LogP contribution is 2.07. The Hall–Kier alpha value is -1.83. The third-order valence-corrected chi connectivity index (χ3v) is 2.59. The van der Waals surface area contributed by atoms with Crippen molar-refractivity contribution in [3.05, 3.63) is 22.7 Å². The van der Waals surface area contributed by atoms with E-state index >= 15 is 0 Å². The second-order valence-electron chi connectivity index (χ2n) is 3.28. The van der Waals surface area contributed by atoms with E-state index in [2.05, 4.69) is 24.8 Å². The summed E-state index contributed by atoms with van der Waals surface area (Å²) in [4.78, 5) is 18.0. The second-order valence-corrected chi connectivity index (χ2v) is 4.07. The maximum Gasteiger partial charge on any atom is 0.267 e. The molecule has 0 radical (unpaired) electrons. The Balaban J connectivity index is 2.03. The van der Waals surface area contributed by atoms with Crippen molar-refractivity contribution in [2.75, 3.05) is 7.05 Å². The molecule has 0 bridgehead atoms. The lowest BCUT2D eigenvalue weighted by Crippen LogP contribution is -2.26. The lowest BCUT2D eigenvalue weighted by atomic mass is 10.4. The number of carbonyl (C=O) groups is 1. The normalized spacial score (nSPS) is 10.4. The number of aromatic nitrogens is 5. The van der Waals surface area contributed by atoms with Crippen LogP contribution in [-0.4, -0.2) is 42.6 Å². The van der Waals surface area contributed by atoms with Crippen molar-refractivity contribution in [3.8, 4) is 0 Å². The fraction of sp³-hybridized carbons (Fsp3) is 0.375. The molecule has 0 saturated carbocycles. The van der Waals surface area contributed by atoms with E-state index in [1.54, 1.807) is 7.05 Å². The minimum absolute atomic E-state index is 0.127. The number of aryl methyl sites for hydroxylation is 1. The van der Waals surface area contributed by atoms with Gasteiger partial charge in [-0.25, -0.2) is 4.98 Å². The van der Waals surface area contributed by atoms with Crippen molar-refractivity contribution in [1.29, 1.82) is 0 Å². The molecule has 0 unspecified atom stereocenters. The van der Waals surface area contributed by atoms with E-state index < -0.39 is 0 Å². The van der Waals surface area contributed by atoms with Crippen LogP contribution in [0.15, 0.2) is 6.20 Å². The Morgan fingerprint density at radius 3 is 3.00 bits per heavy atom. The largest absolute Gasteiger partial charge is 0.333 e. The van der Waals surface area contributed by atoms with Crippen LogP contribution in [0.4, 0.5) is 0 Å². The third-order valence-electron chi connectivity index (χ3n) is 1.94. The molecule has 84 valence electrons. The number of nitrogens with zero attached hydrogens (tertiary/aromatic N) is 5. The van der Waals surface area contributed by atoms with Gasteiger partial charge in [0.25, 0.3) is 5.91 Å². The maximum absolute atomic E-state index is 11.8. The highest BCUT2D eigenvalue weighted by atomic mass is 32.1. The molecule has 0 aliphatic carbocycles. The SMILES string of the molecule is Cc1nc(CN(C)C(=O)c2cnns2)n[nH]1. The summed E-state index contributed by atoms with van der Waals surface area (Å²) in [6.07, 6.45) is 1.45. The Morgan fingerprint density at radius 2 is 2.44 bits per heavy atom. The van der Waals surface area contributed by atoms with Crippen LogP contribution in [0, 0.1) is 6.92 Å². The number of H-pyrrole nitrogens is 1. The summed E-state index contributed by atoms with van der Waals surface area (Å²) in [5.41, 5.74) is 0. The number of nitrogens with one attached hydrogen (secondary N) is 1. The monoisotopic (exact) mass is 238 g/mol. The molecule has 0 aliphatic heterocycles. The van der Waals surface area contributed by atoms with Crippen molar-refractivity contribution in [1.82, 2.24) is 29.7 Å². The quantitative estimate of drug-likeness (QED) is 0.827. The molecule has 0 saturated heterocycles. The first kappa shape index (κ1) is 10.7. The molecule has 0 fully saturated rings. The smallest absolute Gasteiger partial charge is 0.267 e.